The van der Waals surface area contributed by atoms with Gasteiger partial charge in [-0.05, 0) is 190 Å². The van der Waals surface area contributed by atoms with Gasteiger partial charge in [-0.1, -0.05) is 79.3 Å². The predicted molar refractivity (Wildman–Crippen MR) is 422 cm³/mol. The molecule has 12 aromatic rings. The maximum atomic E-state index is 14.5. The first kappa shape index (κ1) is 78.4. The number of amides is 5. The highest BCUT2D eigenvalue weighted by Crippen LogP contribution is 2.36. The number of nitrogens with two attached hydrogens (primary N) is 1. The standard InChI is InChI=1S/C23H22F2N4O2.2C21H20F2N4O.C19H16F2N4O/c1-14(30)29-10-8-16(9-11-29)23(31)26-22-12-18-20(27-28-21(18)13-19(22)25)7-4-15-2-5-17(24)6-3-15;22-15-4-1-13(2-5-15)3-6-18-16-11-20(17(23)12-19(16)27-26-18)25-21(28)14-7-9-24-10-8-14;22-14-7-4-13(5-8-14)6-9-17-15-11-20(16(23)12-19(15)27-26-17)25-21(28)18-3-1-2-10-24-18;20-12-4-1-11(2-5-12)3-6-15-13-9-17(14(21)10-16(13)25-24-15)23-18(26)19(22)7-8-19/h2-7,12-13,16H,8-11H2,1H3,(H,26,31)(H,27,28);1-6,11-12,14,24H,7-10H2,(H,25,28)(H,26,27);4-9,11-12,18,24H,1-3,10H2,(H,25,28)(H,26,27);1-6,9-10H,7-8,22H2,(H,23,26)(H,24,25)/b7-4+;6-3+;9-6+;6-3+. The molecule has 1 atom stereocenters. The number of hydrogen-bond donors (Lipinski definition) is 11. The molecule has 29 heteroatoms. The van der Waals surface area contributed by atoms with E-state index in [2.05, 4.69) is 72.7 Å². The molecule has 580 valence electrons. The van der Waals surface area contributed by atoms with Crippen LogP contribution in [0.4, 0.5) is 57.9 Å². The van der Waals surface area contributed by atoms with E-state index in [4.69, 9.17) is 5.73 Å². The molecule has 1 aliphatic carbocycles. The average Bonchev–Trinajstić information content (AvgIpc) is 1.65. The van der Waals surface area contributed by atoms with Crippen LogP contribution >= 0.6 is 0 Å². The number of anilines is 4. The molecule has 0 spiro atoms. The normalized spacial score (nSPS) is 15.8. The molecule has 4 fully saturated rings. The van der Waals surface area contributed by atoms with E-state index in [9.17, 15) is 59.1 Å². The number of nitrogens with one attached hydrogen (secondary N) is 10. The number of rotatable bonds is 16. The summed E-state index contributed by atoms with van der Waals surface area (Å²) in [6.45, 7) is 4.93. The summed E-state index contributed by atoms with van der Waals surface area (Å²) in [4.78, 5) is 62.7. The van der Waals surface area contributed by atoms with E-state index >= 15 is 0 Å². The summed E-state index contributed by atoms with van der Waals surface area (Å²) in [5, 5.41) is 47.6. The van der Waals surface area contributed by atoms with Crippen LogP contribution in [-0.2, 0) is 24.0 Å². The number of nitrogens with zero attached hydrogens (tertiary/aromatic N) is 5. The van der Waals surface area contributed by atoms with Crippen molar-refractivity contribution in [3.63, 3.8) is 0 Å². The molecule has 7 heterocycles. The van der Waals surface area contributed by atoms with Gasteiger partial charge in [0, 0.05) is 77.7 Å². The third kappa shape index (κ3) is 20.1. The summed E-state index contributed by atoms with van der Waals surface area (Å²) >= 11 is 0. The number of carbonyl (C=O) groups excluding carboxylic acids is 5. The van der Waals surface area contributed by atoms with E-state index in [0.717, 1.165) is 74.0 Å². The molecule has 8 aromatic carbocycles. The maximum absolute atomic E-state index is 14.5. The lowest BCUT2D eigenvalue weighted by atomic mass is 9.95. The van der Waals surface area contributed by atoms with Crippen LogP contribution in [0.25, 0.3) is 92.2 Å². The lowest BCUT2D eigenvalue weighted by Crippen LogP contribution is -2.43. The van der Waals surface area contributed by atoms with Gasteiger partial charge in [0.15, 0.2) is 0 Å². The second-order valence-electron chi connectivity index (χ2n) is 27.9. The van der Waals surface area contributed by atoms with Crippen molar-refractivity contribution >= 4 is 145 Å². The Labute approximate surface area is 642 Å². The van der Waals surface area contributed by atoms with E-state index in [-0.39, 0.29) is 93.4 Å². The molecule has 16 rings (SSSR count). The second kappa shape index (κ2) is 35.5. The number of carbonyl (C=O) groups is 5. The predicted octanol–water partition coefficient (Wildman–Crippen LogP) is 15.7. The summed E-state index contributed by atoms with van der Waals surface area (Å²) in [6.07, 6.45) is 20.7. The summed E-state index contributed by atoms with van der Waals surface area (Å²) in [5.41, 5.74) is 13.1. The Balaban J connectivity index is 0.000000132. The number of hydrogen-bond acceptors (Lipinski definition) is 12. The lowest BCUT2D eigenvalue weighted by molar-refractivity contribution is -0.132. The molecule has 4 aromatic heterocycles. The Bertz CT molecular complexity index is 5410. The molecule has 21 nitrogen and oxygen atoms in total. The van der Waals surface area contributed by atoms with Crippen molar-refractivity contribution in [2.45, 2.75) is 76.3 Å². The topological polar surface area (TPSA) is 302 Å². The number of aromatic amines is 4. The zero-order valence-electron chi connectivity index (χ0n) is 61.0. The third-order valence-electron chi connectivity index (χ3n) is 19.8. The Morgan fingerprint density at radius 2 is 0.726 bits per heavy atom. The van der Waals surface area contributed by atoms with Gasteiger partial charge in [0.25, 0.3) is 0 Å². The van der Waals surface area contributed by atoms with Gasteiger partial charge in [0.2, 0.25) is 29.5 Å². The van der Waals surface area contributed by atoms with Crippen molar-refractivity contribution in [2.24, 2.45) is 17.6 Å². The fraction of sp³-hybridized carbons (Fsp3) is 0.226. The van der Waals surface area contributed by atoms with Gasteiger partial charge in [-0.25, -0.2) is 35.1 Å². The van der Waals surface area contributed by atoms with Gasteiger partial charge < -0.3 is 42.5 Å². The van der Waals surface area contributed by atoms with E-state index in [0.29, 0.717) is 105 Å². The molecule has 4 aliphatic rings. The third-order valence-corrected chi connectivity index (χ3v) is 19.8. The number of fused-ring (bicyclic) bond motifs is 4. The first-order chi connectivity index (χ1) is 54.5. The summed E-state index contributed by atoms with van der Waals surface area (Å²) in [6, 6.07) is 35.4. The SMILES string of the molecule is CC(=O)N1CCC(C(=O)Nc2cc3c(/C=C/c4ccc(F)cc4)n[nH]c3cc2F)CC1.NC1(C(=O)Nc2cc3c(/C=C/c4ccc(F)cc4)n[nH]c3cc2F)CC1.O=C(Nc1cc2c(/C=C/c3ccc(F)cc3)n[nH]c2cc1F)C1CCCCN1.O=C(Nc1cc2c(/C=C/c3ccc(F)cc3)n[nH]c2cc1F)C1CCNCC1. The Morgan fingerprint density at radius 3 is 1.04 bits per heavy atom. The Hall–Kier alpha value is -12.7. The minimum Gasteiger partial charge on any atom is -0.343 e. The molecule has 0 radical (unpaired) electrons. The second-order valence-corrected chi connectivity index (χ2v) is 27.9. The molecule has 0 bridgehead atoms. The van der Waals surface area contributed by atoms with Gasteiger partial charge in [0.05, 0.1) is 79.2 Å². The van der Waals surface area contributed by atoms with Crippen molar-refractivity contribution in [1.82, 2.24) is 56.3 Å². The molecule has 1 saturated carbocycles. The van der Waals surface area contributed by atoms with Crippen molar-refractivity contribution in [3.8, 4) is 0 Å². The zero-order valence-corrected chi connectivity index (χ0v) is 61.0. The minimum atomic E-state index is -0.886. The number of H-pyrrole nitrogens is 4. The molecular formula is C84H78F8N16O5. The number of benzene rings is 8. The first-order valence-electron chi connectivity index (χ1n) is 36.7. The molecule has 12 N–H and O–H groups in total. The highest BCUT2D eigenvalue weighted by molar-refractivity contribution is 6.04. The highest BCUT2D eigenvalue weighted by atomic mass is 19.2. The van der Waals surface area contributed by atoms with Gasteiger partial charge in [-0.3, -0.25) is 44.4 Å². The summed E-state index contributed by atoms with van der Waals surface area (Å²) < 4.78 is 110. The lowest BCUT2D eigenvalue weighted by Gasteiger charge is -2.30. The minimum absolute atomic E-state index is 0.00321. The fourth-order valence-electron chi connectivity index (χ4n) is 13.0. The van der Waals surface area contributed by atoms with Crippen molar-refractivity contribution < 1.29 is 59.1 Å². The Kier molecular flexibility index (Phi) is 24.6. The smallest absolute Gasteiger partial charge is 0.244 e. The van der Waals surface area contributed by atoms with Crippen LogP contribution in [0.2, 0.25) is 0 Å². The van der Waals surface area contributed by atoms with Crippen LogP contribution in [0.1, 0.15) is 110 Å². The van der Waals surface area contributed by atoms with Crippen LogP contribution in [0.5, 0.6) is 0 Å². The van der Waals surface area contributed by atoms with E-state index < -0.39 is 28.8 Å². The quantitative estimate of drug-likeness (QED) is 0.0403. The fourth-order valence-corrected chi connectivity index (χ4v) is 13.0. The van der Waals surface area contributed by atoms with Crippen LogP contribution < -0.4 is 37.6 Å². The van der Waals surface area contributed by atoms with E-state index in [1.54, 1.807) is 120 Å². The molecule has 3 aliphatic heterocycles. The van der Waals surface area contributed by atoms with Gasteiger partial charge in [-0.15, -0.1) is 0 Å². The molecule has 5 amide bonds. The van der Waals surface area contributed by atoms with Crippen LogP contribution in [-0.4, -0.2) is 120 Å². The van der Waals surface area contributed by atoms with Crippen LogP contribution in [0.15, 0.2) is 146 Å². The maximum Gasteiger partial charge on any atom is 0.244 e. The summed E-state index contributed by atoms with van der Waals surface area (Å²) in [7, 11) is 0. The van der Waals surface area contributed by atoms with Gasteiger partial charge >= 0.3 is 0 Å². The van der Waals surface area contributed by atoms with Gasteiger partial charge in [0.1, 0.15) is 46.5 Å². The monoisotopic (exact) mass is 1540 g/mol. The van der Waals surface area contributed by atoms with Crippen LogP contribution in [0, 0.1) is 58.4 Å². The van der Waals surface area contributed by atoms with E-state index in [1.807, 2.05) is 0 Å². The highest BCUT2D eigenvalue weighted by Gasteiger charge is 2.46. The van der Waals surface area contributed by atoms with Crippen LogP contribution in [0.3, 0.4) is 0 Å². The van der Waals surface area contributed by atoms with Crippen molar-refractivity contribution in [2.75, 3.05) is 54.0 Å². The summed E-state index contributed by atoms with van der Waals surface area (Å²) in [5.74, 6) is -4.79. The van der Waals surface area contributed by atoms with Crippen molar-refractivity contribution in [1.29, 1.82) is 0 Å². The van der Waals surface area contributed by atoms with Crippen molar-refractivity contribution in [3.05, 3.63) is 237 Å². The first-order valence-corrected chi connectivity index (χ1v) is 36.7. The molecular weight excluding hydrogens is 1470 g/mol. The largest absolute Gasteiger partial charge is 0.343 e. The Morgan fingerprint density at radius 1 is 0.407 bits per heavy atom. The zero-order chi connectivity index (χ0) is 79.3. The number of halogens is 8. The number of likely N-dealkylation sites (tertiary alicyclic amines) is 1. The molecule has 1 unspecified atom stereocenters. The molecule has 113 heavy (non-hydrogen) atoms. The van der Waals surface area contributed by atoms with Gasteiger partial charge in [-0.2, -0.15) is 20.4 Å². The molecule has 3 saturated heterocycles. The number of aromatic nitrogens is 8. The van der Waals surface area contributed by atoms with E-state index in [1.165, 1.54) is 85.8 Å². The number of piperidine rings is 3. The average molecular weight is 1540 g/mol.